The minimum atomic E-state index is 0.167. The number of carbonyl (C=O) groups is 1. The Morgan fingerprint density at radius 3 is 2.75 bits per heavy atom. The third-order valence-electron chi connectivity index (χ3n) is 5.78. The summed E-state index contributed by atoms with van der Waals surface area (Å²) in [5, 5.41) is 2.38. The van der Waals surface area contributed by atoms with Crippen LogP contribution in [0.2, 0.25) is 0 Å². The van der Waals surface area contributed by atoms with Crippen LogP contribution in [0, 0.1) is 0 Å². The van der Waals surface area contributed by atoms with Gasteiger partial charge in [0.05, 0.1) is 12.0 Å². The second-order valence-corrected chi connectivity index (χ2v) is 8.45. The largest absolute Gasteiger partial charge is 0.497 e. The molecule has 3 heterocycles. The van der Waals surface area contributed by atoms with E-state index in [1.807, 2.05) is 29.2 Å². The number of hydrogen-bond acceptors (Lipinski definition) is 3. The summed E-state index contributed by atoms with van der Waals surface area (Å²) < 4.78 is 6.57. The van der Waals surface area contributed by atoms with Crippen molar-refractivity contribution in [2.75, 3.05) is 20.2 Å². The number of hydrogen-bond donors (Lipinski definition) is 1. The van der Waals surface area contributed by atoms with Crippen LogP contribution < -0.4 is 4.74 Å². The molecule has 0 spiro atoms. The van der Waals surface area contributed by atoms with E-state index < -0.39 is 0 Å². The van der Waals surface area contributed by atoms with E-state index in [-0.39, 0.29) is 5.91 Å². The van der Waals surface area contributed by atoms with Gasteiger partial charge in [0, 0.05) is 34.9 Å². The van der Waals surface area contributed by atoms with Gasteiger partial charge in [0.1, 0.15) is 5.75 Å². The zero-order valence-corrected chi connectivity index (χ0v) is 16.6. The molecule has 0 aliphatic carbocycles. The van der Waals surface area contributed by atoms with Gasteiger partial charge in [-0.15, -0.1) is 11.3 Å². The maximum atomic E-state index is 13.0. The number of aromatic amines is 1. The summed E-state index contributed by atoms with van der Waals surface area (Å²) in [4.78, 5) is 19.2. The van der Waals surface area contributed by atoms with E-state index in [0.29, 0.717) is 5.92 Å². The van der Waals surface area contributed by atoms with Gasteiger partial charge in [0.25, 0.3) is 5.91 Å². The summed E-state index contributed by atoms with van der Waals surface area (Å²) in [6.07, 6.45) is 4.10. The van der Waals surface area contributed by atoms with Crippen molar-refractivity contribution in [3.05, 3.63) is 65.2 Å². The third-order valence-corrected chi connectivity index (χ3v) is 6.88. The van der Waals surface area contributed by atoms with Crippen molar-refractivity contribution in [2.45, 2.75) is 18.8 Å². The van der Waals surface area contributed by atoms with Gasteiger partial charge in [0.2, 0.25) is 0 Å². The van der Waals surface area contributed by atoms with Crippen LogP contribution in [-0.2, 0) is 0 Å². The Hall–Kier alpha value is -2.79. The van der Waals surface area contributed by atoms with Crippen molar-refractivity contribution >= 4 is 38.2 Å². The average Bonchev–Trinajstić information content (AvgIpc) is 3.37. The standard InChI is InChI=1S/C23H22N2O2S/c1-27-17-6-7-20-18(13-17)19(14-24-20)15-8-10-25(11-9-15)23(26)22-12-16-4-2-3-5-21(16)28-22/h2-7,12-15,24H,8-11H2,1H3. The van der Waals surface area contributed by atoms with Gasteiger partial charge >= 0.3 is 0 Å². The number of methoxy groups -OCH3 is 1. The second kappa shape index (κ2) is 6.99. The van der Waals surface area contributed by atoms with Crippen LogP contribution >= 0.6 is 11.3 Å². The normalized spacial score (nSPS) is 15.4. The molecular weight excluding hydrogens is 368 g/mol. The number of carbonyl (C=O) groups excluding carboxylic acids is 1. The summed E-state index contributed by atoms with van der Waals surface area (Å²) in [7, 11) is 1.70. The molecule has 0 unspecified atom stereocenters. The van der Waals surface area contributed by atoms with Gasteiger partial charge in [-0.25, -0.2) is 0 Å². The molecule has 2 aromatic carbocycles. The highest BCUT2D eigenvalue weighted by Crippen LogP contribution is 2.35. The maximum Gasteiger partial charge on any atom is 0.263 e. The Labute approximate surface area is 167 Å². The SMILES string of the molecule is COc1ccc2[nH]cc(C3CCN(C(=O)c4cc5ccccc5s4)CC3)c2c1. The fraction of sp³-hybridized carbons (Fsp3) is 0.261. The number of nitrogens with one attached hydrogen (secondary N) is 1. The van der Waals surface area contributed by atoms with E-state index in [1.165, 1.54) is 15.6 Å². The number of nitrogens with zero attached hydrogens (tertiary/aromatic N) is 1. The Morgan fingerprint density at radius 2 is 1.96 bits per heavy atom. The van der Waals surface area contributed by atoms with Crippen LogP contribution in [0.1, 0.15) is 34.0 Å². The molecule has 4 nitrogen and oxygen atoms in total. The first-order valence-electron chi connectivity index (χ1n) is 9.66. The number of benzene rings is 2. The number of thiophene rings is 1. The highest BCUT2D eigenvalue weighted by atomic mass is 32.1. The quantitative estimate of drug-likeness (QED) is 0.508. The first kappa shape index (κ1) is 17.3. The van der Waals surface area contributed by atoms with Crippen molar-refractivity contribution < 1.29 is 9.53 Å². The van der Waals surface area contributed by atoms with Crippen LogP contribution in [0.25, 0.3) is 21.0 Å². The summed E-state index contributed by atoms with van der Waals surface area (Å²) in [5.41, 5.74) is 2.47. The number of ether oxygens (including phenoxy) is 1. The minimum absolute atomic E-state index is 0.167. The van der Waals surface area contributed by atoms with Gasteiger partial charge in [-0.3, -0.25) is 4.79 Å². The molecule has 142 valence electrons. The highest BCUT2D eigenvalue weighted by Gasteiger charge is 2.27. The van der Waals surface area contributed by atoms with Crippen LogP contribution in [0.5, 0.6) is 5.75 Å². The molecule has 1 aliphatic rings. The molecule has 28 heavy (non-hydrogen) atoms. The Bertz CT molecular complexity index is 1120. The summed E-state index contributed by atoms with van der Waals surface area (Å²) in [6.45, 7) is 1.60. The molecular formula is C23H22N2O2S. The molecule has 1 N–H and O–H groups in total. The Morgan fingerprint density at radius 1 is 1.14 bits per heavy atom. The van der Waals surface area contributed by atoms with Gasteiger partial charge in [-0.2, -0.15) is 0 Å². The lowest BCUT2D eigenvalue weighted by Gasteiger charge is -2.31. The number of likely N-dealkylation sites (tertiary alicyclic amines) is 1. The molecule has 1 amide bonds. The number of piperidine rings is 1. The predicted molar refractivity (Wildman–Crippen MR) is 115 cm³/mol. The molecule has 1 aliphatic heterocycles. The first-order chi connectivity index (χ1) is 13.7. The number of H-pyrrole nitrogens is 1. The zero-order chi connectivity index (χ0) is 19.1. The van der Waals surface area contributed by atoms with Crippen LogP contribution in [-0.4, -0.2) is 36.0 Å². The topological polar surface area (TPSA) is 45.3 Å². The van der Waals surface area contributed by atoms with Crippen molar-refractivity contribution in [3.8, 4) is 5.75 Å². The zero-order valence-electron chi connectivity index (χ0n) is 15.8. The molecule has 0 atom stereocenters. The molecule has 0 bridgehead atoms. The molecule has 2 aromatic heterocycles. The molecule has 4 aromatic rings. The Kier molecular flexibility index (Phi) is 4.32. The second-order valence-electron chi connectivity index (χ2n) is 7.37. The van der Waals surface area contributed by atoms with E-state index in [9.17, 15) is 4.79 Å². The lowest BCUT2D eigenvalue weighted by atomic mass is 9.89. The number of rotatable bonds is 3. The third kappa shape index (κ3) is 2.96. The lowest BCUT2D eigenvalue weighted by Crippen LogP contribution is -2.37. The number of amides is 1. The van der Waals surface area contributed by atoms with Gasteiger partial charge in [0.15, 0.2) is 0 Å². The first-order valence-corrected chi connectivity index (χ1v) is 10.5. The van der Waals surface area contributed by atoms with E-state index >= 15 is 0 Å². The van der Waals surface area contributed by atoms with Crippen molar-refractivity contribution in [1.82, 2.24) is 9.88 Å². The summed E-state index contributed by atoms with van der Waals surface area (Å²) >= 11 is 1.59. The Balaban J connectivity index is 1.33. The predicted octanol–water partition coefficient (Wildman–Crippen LogP) is 5.41. The van der Waals surface area contributed by atoms with Gasteiger partial charge < -0.3 is 14.6 Å². The van der Waals surface area contributed by atoms with Crippen LogP contribution in [0.3, 0.4) is 0 Å². The monoisotopic (exact) mass is 390 g/mol. The van der Waals surface area contributed by atoms with Crippen LogP contribution in [0.4, 0.5) is 0 Å². The van der Waals surface area contributed by atoms with Gasteiger partial charge in [-0.05, 0) is 60.0 Å². The van der Waals surface area contributed by atoms with E-state index in [0.717, 1.165) is 47.5 Å². The lowest BCUT2D eigenvalue weighted by molar-refractivity contribution is 0.0718. The summed E-state index contributed by atoms with van der Waals surface area (Å²) in [5.74, 6) is 1.51. The van der Waals surface area contributed by atoms with Crippen LogP contribution in [0.15, 0.2) is 54.7 Å². The minimum Gasteiger partial charge on any atom is -0.497 e. The maximum absolute atomic E-state index is 13.0. The fourth-order valence-corrected chi connectivity index (χ4v) is 5.25. The van der Waals surface area contributed by atoms with E-state index in [4.69, 9.17) is 4.74 Å². The average molecular weight is 391 g/mol. The van der Waals surface area contributed by atoms with Crippen molar-refractivity contribution in [3.63, 3.8) is 0 Å². The summed E-state index contributed by atoms with van der Waals surface area (Å²) in [6, 6.07) is 16.4. The molecule has 1 fully saturated rings. The molecule has 0 saturated carbocycles. The fourth-order valence-electron chi connectivity index (χ4n) is 4.22. The number of aromatic nitrogens is 1. The van der Waals surface area contributed by atoms with Crippen molar-refractivity contribution in [1.29, 1.82) is 0 Å². The molecule has 0 radical (unpaired) electrons. The molecule has 5 heteroatoms. The number of fused-ring (bicyclic) bond motifs is 2. The highest BCUT2D eigenvalue weighted by molar-refractivity contribution is 7.20. The smallest absolute Gasteiger partial charge is 0.263 e. The van der Waals surface area contributed by atoms with E-state index in [2.05, 4.69) is 35.4 Å². The van der Waals surface area contributed by atoms with E-state index in [1.54, 1.807) is 18.4 Å². The van der Waals surface area contributed by atoms with Crippen molar-refractivity contribution in [2.24, 2.45) is 0 Å². The van der Waals surface area contributed by atoms with Gasteiger partial charge in [-0.1, -0.05) is 18.2 Å². The molecule has 5 rings (SSSR count). The molecule has 1 saturated heterocycles.